The van der Waals surface area contributed by atoms with Crippen molar-refractivity contribution < 1.29 is 9.59 Å². The van der Waals surface area contributed by atoms with E-state index in [0.29, 0.717) is 13.0 Å². The number of amides is 2. The van der Waals surface area contributed by atoms with Crippen molar-refractivity contribution >= 4 is 24.2 Å². The lowest BCUT2D eigenvalue weighted by atomic mass is 9.96. The lowest BCUT2D eigenvalue weighted by Crippen LogP contribution is -2.51. The summed E-state index contributed by atoms with van der Waals surface area (Å²) < 4.78 is 0. The molecule has 20 heavy (non-hydrogen) atoms. The monoisotopic (exact) mass is 303 g/mol. The van der Waals surface area contributed by atoms with E-state index in [1.165, 1.54) is 0 Å². The van der Waals surface area contributed by atoms with Crippen LogP contribution >= 0.6 is 12.4 Å². The molecule has 0 bridgehead atoms. The van der Waals surface area contributed by atoms with Crippen LogP contribution in [0.5, 0.6) is 0 Å². The summed E-state index contributed by atoms with van der Waals surface area (Å²) in [5, 5.41) is 6.43. The second-order valence-electron chi connectivity index (χ2n) is 5.58. The summed E-state index contributed by atoms with van der Waals surface area (Å²) in [7, 11) is 0. The van der Waals surface area contributed by atoms with Crippen molar-refractivity contribution in [2.75, 3.05) is 26.2 Å². The van der Waals surface area contributed by atoms with Crippen LogP contribution in [0.15, 0.2) is 0 Å². The van der Waals surface area contributed by atoms with Gasteiger partial charge in [-0.3, -0.25) is 9.59 Å². The standard InChI is InChI=1S/C14H25N3O2.ClH/c1-2-13(18)17-8-4-5-11(10-17)14(19)16-12-6-3-7-15-9-12;/h11-12,15H,2-10H2,1H3,(H,16,19);1H/t11?,12-;/m0./s1. The minimum absolute atomic E-state index is 0. The molecule has 2 amide bonds. The Balaban J connectivity index is 0.00000200. The summed E-state index contributed by atoms with van der Waals surface area (Å²) in [6.45, 7) is 5.20. The Morgan fingerprint density at radius 2 is 2.10 bits per heavy atom. The van der Waals surface area contributed by atoms with Gasteiger partial charge in [0.05, 0.1) is 5.92 Å². The number of nitrogens with zero attached hydrogens (tertiary/aromatic N) is 1. The van der Waals surface area contributed by atoms with E-state index in [0.717, 1.165) is 45.3 Å². The topological polar surface area (TPSA) is 61.4 Å². The summed E-state index contributed by atoms with van der Waals surface area (Å²) >= 11 is 0. The summed E-state index contributed by atoms with van der Waals surface area (Å²) in [4.78, 5) is 25.8. The molecule has 0 aromatic rings. The zero-order chi connectivity index (χ0) is 13.7. The van der Waals surface area contributed by atoms with Gasteiger partial charge >= 0.3 is 0 Å². The number of nitrogens with one attached hydrogen (secondary N) is 2. The first-order chi connectivity index (χ1) is 9.20. The fourth-order valence-electron chi connectivity index (χ4n) is 2.94. The lowest BCUT2D eigenvalue weighted by molar-refractivity contribution is -0.135. The third kappa shape index (κ3) is 4.63. The van der Waals surface area contributed by atoms with E-state index in [9.17, 15) is 9.59 Å². The highest BCUT2D eigenvalue weighted by Crippen LogP contribution is 2.18. The maximum absolute atomic E-state index is 12.2. The Bertz CT molecular complexity index is 332. The Morgan fingerprint density at radius 1 is 1.30 bits per heavy atom. The van der Waals surface area contributed by atoms with Gasteiger partial charge in [-0.15, -0.1) is 12.4 Å². The summed E-state index contributed by atoms with van der Waals surface area (Å²) in [6.07, 6.45) is 4.55. The fourth-order valence-corrected chi connectivity index (χ4v) is 2.94. The molecule has 6 heteroatoms. The average Bonchev–Trinajstić information content (AvgIpc) is 2.47. The highest BCUT2D eigenvalue weighted by molar-refractivity contribution is 5.85. The molecule has 2 N–H and O–H groups in total. The minimum Gasteiger partial charge on any atom is -0.352 e. The average molecular weight is 304 g/mol. The van der Waals surface area contributed by atoms with Crippen LogP contribution in [0.3, 0.4) is 0 Å². The first-order valence-corrected chi connectivity index (χ1v) is 7.49. The van der Waals surface area contributed by atoms with Gasteiger partial charge in [-0.2, -0.15) is 0 Å². The summed E-state index contributed by atoms with van der Waals surface area (Å²) in [5.41, 5.74) is 0. The molecule has 0 aromatic carbocycles. The van der Waals surface area contributed by atoms with Crippen LogP contribution in [-0.2, 0) is 9.59 Å². The molecule has 1 unspecified atom stereocenters. The van der Waals surface area contributed by atoms with Crippen LogP contribution in [-0.4, -0.2) is 48.9 Å². The van der Waals surface area contributed by atoms with Crippen LogP contribution in [0.25, 0.3) is 0 Å². The van der Waals surface area contributed by atoms with Gasteiger partial charge in [0.1, 0.15) is 0 Å². The van der Waals surface area contributed by atoms with E-state index in [2.05, 4.69) is 10.6 Å². The van der Waals surface area contributed by atoms with Gasteiger partial charge in [0.2, 0.25) is 11.8 Å². The minimum atomic E-state index is -0.0221. The van der Waals surface area contributed by atoms with Crippen molar-refractivity contribution in [3.8, 4) is 0 Å². The van der Waals surface area contributed by atoms with Crippen LogP contribution in [0, 0.1) is 5.92 Å². The van der Waals surface area contributed by atoms with E-state index >= 15 is 0 Å². The predicted octanol–water partition coefficient (Wildman–Crippen LogP) is 0.925. The van der Waals surface area contributed by atoms with E-state index in [4.69, 9.17) is 0 Å². The second kappa shape index (κ2) is 8.47. The largest absolute Gasteiger partial charge is 0.352 e. The van der Waals surface area contributed by atoms with Gasteiger partial charge in [0.25, 0.3) is 0 Å². The highest BCUT2D eigenvalue weighted by Gasteiger charge is 2.29. The second-order valence-corrected chi connectivity index (χ2v) is 5.58. The molecule has 0 radical (unpaired) electrons. The number of likely N-dealkylation sites (tertiary alicyclic amines) is 1. The van der Waals surface area contributed by atoms with Crippen LogP contribution in [0.1, 0.15) is 39.0 Å². The molecule has 116 valence electrons. The van der Waals surface area contributed by atoms with E-state index in [1.54, 1.807) is 0 Å². The normalized spacial score (nSPS) is 26.6. The van der Waals surface area contributed by atoms with E-state index in [1.807, 2.05) is 11.8 Å². The van der Waals surface area contributed by atoms with E-state index < -0.39 is 0 Å². The van der Waals surface area contributed by atoms with Crippen LogP contribution in [0.2, 0.25) is 0 Å². The van der Waals surface area contributed by atoms with Gasteiger partial charge in [-0.1, -0.05) is 6.92 Å². The molecular formula is C14H26ClN3O2. The quantitative estimate of drug-likeness (QED) is 0.815. The van der Waals surface area contributed by atoms with Crippen molar-refractivity contribution in [2.45, 2.75) is 45.1 Å². The number of carbonyl (C=O) groups is 2. The Hall–Kier alpha value is -0.810. The maximum Gasteiger partial charge on any atom is 0.225 e. The Kier molecular flexibility index (Phi) is 7.30. The predicted molar refractivity (Wildman–Crippen MR) is 80.9 cm³/mol. The van der Waals surface area contributed by atoms with Crippen molar-refractivity contribution in [3.63, 3.8) is 0 Å². The van der Waals surface area contributed by atoms with Crippen molar-refractivity contribution in [1.82, 2.24) is 15.5 Å². The highest BCUT2D eigenvalue weighted by atomic mass is 35.5. The molecular weight excluding hydrogens is 278 g/mol. The third-order valence-corrected chi connectivity index (χ3v) is 4.09. The number of hydrogen-bond donors (Lipinski definition) is 2. The summed E-state index contributed by atoms with van der Waals surface area (Å²) in [5.74, 6) is 0.269. The Labute approximate surface area is 127 Å². The number of carbonyl (C=O) groups excluding carboxylic acids is 2. The van der Waals surface area contributed by atoms with Gasteiger partial charge in [0, 0.05) is 32.1 Å². The molecule has 5 nitrogen and oxygen atoms in total. The molecule has 2 fully saturated rings. The van der Waals surface area contributed by atoms with Gasteiger partial charge < -0.3 is 15.5 Å². The third-order valence-electron chi connectivity index (χ3n) is 4.09. The molecule has 2 atom stereocenters. The van der Waals surface area contributed by atoms with Crippen LogP contribution < -0.4 is 10.6 Å². The van der Waals surface area contributed by atoms with Gasteiger partial charge in [0.15, 0.2) is 0 Å². The van der Waals surface area contributed by atoms with E-state index in [-0.39, 0.29) is 36.2 Å². The molecule has 0 aliphatic carbocycles. The van der Waals surface area contributed by atoms with Crippen molar-refractivity contribution in [2.24, 2.45) is 5.92 Å². The first kappa shape index (κ1) is 17.2. The molecule has 2 rings (SSSR count). The van der Waals surface area contributed by atoms with Crippen molar-refractivity contribution in [3.05, 3.63) is 0 Å². The summed E-state index contributed by atoms with van der Waals surface area (Å²) in [6, 6.07) is 0.263. The molecule has 0 spiro atoms. The SMILES string of the molecule is CCC(=O)N1CCCC(C(=O)N[C@H]2CCCNC2)C1.Cl. The molecule has 2 aliphatic rings. The number of rotatable bonds is 3. The Morgan fingerprint density at radius 3 is 2.75 bits per heavy atom. The molecule has 0 aromatic heterocycles. The first-order valence-electron chi connectivity index (χ1n) is 7.49. The molecule has 2 aliphatic heterocycles. The number of piperidine rings is 2. The maximum atomic E-state index is 12.2. The number of hydrogen-bond acceptors (Lipinski definition) is 3. The van der Waals surface area contributed by atoms with Gasteiger partial charge in [-0.05, 0) is 32.2 Å². The molecule has 2 saturated heterocycles. The molecule has 0 saturated carbocycles. The van der Waals surface area contributed by atoms with Gasteiger partial charge in [-0.25, -0.2) is 0 Å². The van der Waals surface area contributed by atoms with Crippen molar-refractivity contribution in [1.29, 1.82) is 0 Å². The number of halogens is 1. The zero-order valence-electron chi connectivity index (χ0n) is 12.2. The zero-order valence-corrected chi connectivity index (χ0v) is 13.0. The lowest BCUT2D eigenvalue weighted by Gasteiger charge is -2.33. The van der Waals surface area contributed by atoms with Crippen LogP contribution in [0.4, 0.5) is 0 Å². The molecule has 2 heterocycles. The smallest absolute Gasteiger partial charge is 0.225 e. The fraction of sp³-hybridized carbons (Fsp3) is 0.857.